The van der Waals surface area contributed by atoms with E-state index in [-0.39, 0.29) is 34.9 Å². The van der Waals surface area contributed by atoms with Gasteiger partial charge in [-0.2, -0.15) is 0 Å². The zero-order chi connectivity index (χ0) is 22.3. The first-order valence-electron chi connectivity index (χ1n) is 11.4. The first kappa shape index (κ1) is 21.3. The molecule has 4 heteroatoms. The number of carbonyl (C=O) groups excluding carboxylic acids is 2. The van der Waals surface area contributed by atoms with Crippen LogP contribution in [0.25, 0.3) is 0 Å². The molecular formula is C26H34O4. The number of hydrogen-bond acceptors (Lipinski definition) is 3. The van der Waals surface area contributed by atoms with Crippen molar-refractivity contribution in [2.24, 2.45) is 51.2 Å². The van der Waals surface area contributed by atoms with Crippen LogP contribution in [0.3, 0.4) is 0 Å². The highest BCUT2D eigenvalue weighted by atomic mass is 16.4. The molecule has 7 atom stereocenters. The van der Waals surface area contributed by atoms with E-state index < -0.39 is 22.2 Å². The number of aldehydes is 1. The number of hydrogen-bond donors (Lipinski definition) is 1. The minimum absolute atomic E-state index is 0.0325. The van der Waals surface area contributed by atoms with Crippen molar-refractivity contribution in [1.29, 1.82) is 0 Å². The maximum Gasteiger partial charge on any atom is 0.315 e. The summed E-state index contributed by atoms with van der Waals surface area (Å²) in [6.45, 7) is 12.0. The average Bonchev–Trinajstić information content (AvgIpc) is 3.23. The van der Waals surface area contributed by atoms with Gasteiger partial charge in [0, 0.05) is 5.41 Å². The summed E-state index contributed by atoms with van der Waals surface area (Å²) in [5.41, 5.74) is -3.17. The summed E-state index contributed by atoms with van der Waals surface area (Å²) in [6, 6.07) is 0. The Morgan fingerprint density at radius 2 is 1.90 bits per heavy atom. The summed E-state index contributed by atoms with van der Waals surface area (Å²) >= 11 is 0. The smallest absolute Gasteiger partial charge is 0.315 e. The summed E-state index contributed by atoms with van der Waals surface area (Å²) < 4.78 is 0. The zero-order valence-corrected chi connectivity index (χ0v) is 19.0. The SMILES string of the molecule is CC(C)C1=C[C@H]2C[C@]3(C=O)[C@@H]4CC[C@@H](C)[C@H]4C[C@@]2(C(=O)C#CC(C)(C)C)[C@]13C(=O)O. The highest BCUT2D eigenvalue weighted by molar-refractivity contribution is 6.08. The molecule has 0 aliphatic heterocycles. The van der Waals surface area contributed by atoms with Crippen LogP contribution in [0.4, 0.5) is 0 Å². The standard InChI is InChI=1S/C26H34O4/c1-15(2)20-11-17-12-24(14-27)19-8-7-16(3)18(19)13-25(17,26(20,24)22(29)30)21(28)9-10-23(4,5)6/h11,14-19H,7-8,12-13H2,1-6H3,(H,29,30)/t16-,17+,18-,19-,24+,25-,26+/m1/s1. The summed E-state index contributed by atoms with van der Waals surface area (Å²) in [7, 11) is 0. The van der Waals surface area contributed by atoms with Gasteiger partial charge in [-0.1, -0.05) is 44.8 Å². The Bertz CT molecular complexity index is 910. The van der Waals surface area contributed by atoms with Crippen molar-refractivity contribution < 1.29 is 19.5 Å². The van der Waals surface area contributed by atoms with Gasteiger partial charge in [0.2, 0.25) is 5.78 Å². The lowest BCUT2D eigenvalue weighted by Crippen LogP contribution is -2.64. The Labute approximate surface area is 179 Å². The minimum Gasteiger partial charge on any atom is -0.481 e. The van der Waals surface area contributed by atoms with Gasteiger partial charge in [0.05, 0.1) is 10.8 Å². The fourth-order valence-electron chi connectivity index (χ4n) is 7.96. The fraction of sp³-hybridized carbons (Fsp3) is 0.731. The van der Waals surface area contributed by atoms with E-state index in [0.717, 1.165) is 24.7 Å². The molecule has 0 aromatic rings. The second-order valence-electron chi connectivity index (χ2n) is 11.6. The Hall–Kier alpha value is -1.89. The van der Waals surface area contributed by atoms with E-state index in [1.807, 2.05) is 40.7 Å². The highest BCUT2D eigenvalue weighted by Crippen LogP contribution is 2.82. The molecule has 30 heavy (non-hydrogen) atoms. The largest absolute Gasteiger partial charge is 0.481 e. The normalized spacial score (nSPS) is 43.6. The van der Waals surface area contributed by atoms with Gasteiger partial charge in [-0.3, -0.25) is 9.59 Å². The topological polar surface area (TPSA) is 71.4 Å². The maximum absolute atomic E-state index is 13.9. The number of Topliss-reactive ketones (excluding diaryl/α,β-unsaturated/α-hetero) is 1. The van der Waals surface area contributed by atoms with Crippen molar-refractivity contribution in [2.75, 3.05) is 0 Å². The minimum atomic E-state index is -1.46. The summed E-state index contributed by atoms with van der Waals surface area (Å²) in [4.78, 5) is 40.1. The molecule has 162 valence electrons. The van der Waals surface area contributed by atoms with E-state index in [9.17, 15) is 19.5 Å². The molecule has 0 aromatic carbocycles. The van der Waals surface area contributed by atoms with Gasteiger partial charge in [-0.25, -0.2) is 0 Å². The molecule has 4 bridgehead atoms. The summed E-state index contributed by atoms with van der Waals surface area (Å²) in [5, 5.41) is 10.8. The Morgan fingerprint density at radius 1 is 1.23 bits per heavy atom. The van der Waals surface area contributed by atoms with Crippen LogP contribution in [0, 0.1) is 63.1 Å². The number of fused-ring (bicyclic) bond motifs is 2. The van der Waals surface area contributed by atoms with Crippen molar-refractivity contribution in [3.8, 4) is 11.8 Å². The number of carbonyl (C=O) groups is 3. The molecule has 3 fully saturated rings. The van der Waals surface area contributed by atoms with Crippen LogP contribution in [-0.2, 0) is 14.4 Å². The molecule has 0 amide bonds. The summed E-state index contributed by atoms with van der Waals surface area (Å²) in [6.07, 6.45) is 5.86. The van der Waals surface area contributed by atoms with E-state index in [1.165, 1.54) is 0 Å². The predicted octanol–water partition coefficient (Wildman–Crippen LogP) is 4.53. The van der Waals surface area contributed by atoms with Crippen molar-refractivity contribution in [3.05, 3.63) is 11.6 Å². The van der Waals surface area contributed by atoms with Gasteiger partial charge in [0.1, 0.15) is 11.7 Å². The quantitative estimate of drug-likeness (QED) is 0.320. The van der Waals surface area contributed by atoms with Crippen LogP contribution in [0.2, 0.25) is 0 Å². The Balaban J connectivity index is 2.03. The molecule has 4 aliphatic rings. The molecule has 4 aliphatic carbocycles. The van der Waals surface area contributed by atoms with E-state index >= 15 is 0 Å². The van der Waals surface area contributed by atoms with E-state index in [1.54, 1.807) is 0 Å². The van der Waals surface area contributed by atoms with E-state index in [0.29, 0.717) is 18.8 Å². The third-order valence-electron chi connectivity index (χ3n) is 8.88. The Kier molecular flexibility index (Phi) is 4.49. The molecule has 1 N–H and O–H groups in total. The molecule has 0 saturated heterocycles. The summed E-state index contributed by atoms with van der Waals surface area (Å²) in [5.74, 6) is 5.04. The number of carboxylic acids is 1. The zero-order valence-electron chi connectivity index (χ0n) is 19.0. The average molecular weight is 411 g/mol. The van der Waals surface area contributed by atoms with E-state index in [2.05, 4.69) is 18.8 Å². The number of ketones is 1. The second-order valence-corrected chi connectivity index (χ2v) is 11.6. The van der Waals surface area contributed by atoms with Crippen LogP contribution in [0.1, 0.15) is 67.2 Å². The third kappa shape index (κ3) is 2.22. The molecule has 0 radical (unpaired) electrons. The molecule has 4 nitrogen and oxygen atoms in total. The Morgan fingerprint density at radius 3 is 2.43 bits per heavy atom. The third-order valence-corrected chi connectivity index (χ3v) is 8.88. The molecule has 3 saturated carbocycles. The van der Waals surface area contributed by atoms with Crippen molar-refractivity contribution in [1.82, 2.24) is 0 Å². The van der Waals surface area contributed by atoms with Crippen LogP contribution < -0.4 is 0 Å². The van der Waals surface area contributed by atoms with Gasteiger partial charge in [-0.05, 0) is 75.5 Å². The number of aliphatic carboxylic acids is 1. The van der Waals surface area contributed by atoms with Gasteiger partial charge in [0.25, 0.3) is 0 Å². The lowest BCUT2D eigenvalue weighted by Gasteiger charge is -2.57. The van der Waals surface area contributed by atoms with Crippen LogP contribution in [-0.4, -0.2) is 23.1 Å². The van der Waals surface area contributed by atoms with Crippen molar-refractivity contribution in [2.45, 2.75) is 67.2 Å². The first-order chi connectivity index (χ1) is 13.9. The monoisotopic (exact) mass is 410 g/mol. The van der Waals surface area contributed by atoms with Gasteiger partial charge >= 0.3 is 5.97 Å². The van der Waals surface area contributed by atoms with Crippen molar-refractivity contribution >= 4 is 18.0 Å². The van der Waals surface area contributed by atoms with Crippen LogP contribution >= 0.6 is 0 Å². The second kappa shape index (κ2) is 6.31. The predicted molar refractivity (Wildman–Crippen MR) is 114 cm³/mol. The van der Waals surface area contributed by atoms with Crippen molar-refractivity contribution in [3.63, 3.8) is 0 Å². The fourth-order valence-corrected chi connectivity index (χ4v) is 7.96. The highest BCUT2D eigenvalue weighted by Gasteiger charge is 2.86. The maximum atomic E-state index is 13.9. The number of carboxylic acid groups (broad SMARTS) is 1. The molecule has 0 aromatic heterocycles. The number of rotatable bonds is 4. The van der Waals surface area contributed by atoms with Gasteiger partial charge < -0.3 is 9.90 Å². The van der Waals surface area contributed by atoms with Gasteiger partial charge in [0.15, 0.2) is 0 Å². The lowest BCUT2D eigenvalue weighted by molar-refractivity contribution is -0.181. The first-order valence-corrected chi connectivity index (χ1v) is 11.4. The molecule has 0 unspecified atom stereocenters. The lowest BCUT2D eigenvalue weighted by atomic mass is 9.42. The molecule has 4 rings (SSSR count). The van der Waals surface area contributed by atoms with Crippen LogP contribution in [0.5, 0.6) is 0 Å². The molecule has 0 spiro atoms. The van der Waals surface area contributed by atoms with E-state index in [4.69, 9.17) is 0 Å². The van der Waals surface area contributed by atoms with Crippen LogP contribution in [0.15, 0.2) is 11.6 Å². The van der Waals surface area contributed by atoms with Gasteiger partial charge in [-0.15, -0.1) is 0 Å². The molecular weight excluding hydrogens is 376 g/mol. The number of allylic oxidation sites excluding steroid dienone is 1. The molecule has 0 heterocycles.